The van der Waals surface area contributed by atoms with Crippen molar-refractivity contribution in [2.24, 2.45) is 5.92 Å². The summed E-state index contributed by atoms with van der Waals surface area (Å²) in [6.45, 7) is 6.07. The number of nitrogens with zero attached hydrogens (tertiary/aromatic N) is 2. The molecular formula is C12H22N4O2. The summed E-state index contributed by atoms with van der Waals surface area (Å²) in [4.78, 5) is 0. The van der Waals surface area contributed by atoms with Crippen LogP contribution in [0.5, 0.6) is 0 Å². The Labute approximate surface area is 107 Å². The van der Waals surface area contributed by atoms with Crippen LogP contribution in [-0.4, -0.2) is 36.5 Å². The molecule has 0 saturated heterocycles. The van der Waals surface area contributed by atoms with Gasteiger partial charge in [0.25, 0.3) is 0 Å². The second-order valence-corrected chi connectivity index (χ2v) is 4.58. The number of nitrogens with one attached hydrogen (secondary N) is 2. The maximum absolute atomic E-state index is 5.54. The monoisotopic (exact) mass is 254 g/mol. The molecule has 1 aromatic rings. The number of ether oxygens (including phenoxy) is 1. The van der Waals surface area contributed by atoms with Crippen LogP contribution in [0.25, 0.3) is 0 Å². The third-order valence-electron chi connectivity index (χ3n) is 2.79. The third-order valence-corrected chi connectivity index (χ3v) is 2.79. The largest absolute Gasteiger partial charge is 0.407 e. The quantitative estimate of drug-likeness (QED) is 0.615. The van der Waals surface area contributed by atoms with Crippen molar-refractivity contribution in [2.45, 2.75) is 32.7 Å². The summed E-state index contributed by atoms with van der Waals surface area (Å²) in [6, 6.07) is 0.491. The molecule has 2 rings (SSSR count). The van der Waals surface area contributed by atoms with Crippen molar-refractivity contribution in [1.82, 2.24) is 15.5 Å². The Balaban J connectivity index is 1.50. The molecule has 6 nitrogen and oxygen atoms in total. The van der Waals surface area contributed by atoms with Gasteiger partial charge in [-0.15, -0.1) is 5.10 Å². The highest BCUT2D eigenvalue weighted by Gasteiger charge is 2.20. The van der Waals surface area contributed by atoms with E-state index in [-0.39, 0.29) is 0 Å². The Bertz CT molecular complexity index is 339. The summed E-state index contributed by atoms with van der Waals surface area (Å²) in [7, 11) is 0. The van der Waals surface area contributed by atoms with E-state index in [1.165, 1.54) is 12.8 Å². The summed E-state index contributed by atoms with van der Waals surface area (Å²) in [5, 5.41) is 14.1. The van der Waals surface area contributed by atoms with Crippen LogP contribution in [0.2, 0.25) is 0 Å². The van der Waals surface area contributed by atoms with Crippen LogP contribution < -0.4 is 10.6 Å². The van der Waals surface area contributed by atoms with Crippen molar-refractivity contribution in [3.8, 4) is 0 Å². The molecule has 102 valence electrons. The highest BCUT2D eigenvalue weighted by molar-refractivity contribution is 5.16. The Hall–Kier alpha value is -1.14. The standard InChI is InChI=1S/C12H22N4O2/c1-2-13-8-11-15-16-12(18-11)14-6-3-7-17-9-10-4-5-10/h10,13H,2-9H2,1H3,(H,14,16). The number of rotatable bonds is 10. The smallest absolute Gasteiger partial charge is 0.315 e. The topological polar surface area (TPSA) is 72.2 Å². The van der Waals surface area contributed by atoms with Crippen LogP contribution in [0.4, 0.5) is 6.01 Å². The van der Waals surface area contributed by atoms with Crippen molar-refractivity contribution in [3.05, 3.63) is 5.89 Å². The summed E-state index contributed by atoms with van der Waals surface area (Å²) in [5.74, 6) is 1.45. The van der Waals surface area contributed by atoms with E-state index in [4.69, 9.17) is 9.15 Å². The van der Waals surface area contributed by atoms with E-state index in [2.05, 4.69) is 20.8 Å². The maximum atomic E-state index is 5.54. The molecule has 0 unspecified atom stereocenters. The minimum Gasteiger partial charge on any atom is -0.407 e. The lowest BCUT2D eigenvalue weighted by atomic mass is 10.4. The Kier molecular flexibility index (Phi) is 5.41. The van der Waals surface area contributed by atoms with Crippen molar-refractivity contribution in [2.75, 3.05) is 31.6 Å². The zero-order chi connectivity index (χ0) is 12.6. The minimum absolute atomic E-state index is 0.491. The van der Waals surface area contributed by atoms with E-state index >= 15 is 0 Å². The predicted molar refractivity (Wildman–Crippen MR) is 68.3 cm³/mol. The van der Waals surface area contributed by atoms with Crippen molar-refractivity contribution in [3.63, 3.8) is 0 Å². The van der Waals surface area contributed by atoms with Gasteiger partial charge in [0.2, 0.25) is 5.89 Å². The lowest BCUT2D eigenvalue weighted by molar-refractivity contribution is 0.124. The van der Waals surface area contributed by atoms with Gasteiger partial charge in [-0.2, -0.15) is 0 Å². The van der Waals surface area contributed by atoms with Gasteiger partial charge in [-0.3, -0.25) is 0 Å². The molecular weight excluding hydrogens is 232 g/mol. The van der Waals surface area contributed by atoms with Crippen LogP contribution in [0.1, 0.15) is 32.1 Å². The van der Waals surface area contributed by atoms with Crippen molar-refractivity contribution in [1.29, 1.82) is 0 Å². The molecule has 1 aliphatic rings. The Morgan fingerprint density at radius 3 is 3.06 bits per heavy atom. The Morgan fingerprint density at radius 1 is 1.39 bits per heavy atom. The van der Waals surface area contributed by atoms with Crippen LogP contribution in [0.3, 0.4) is 0 Å². The van der Waals surface area contributed by atoms with Crippen LogP contribution in [0.15, 0.2) is 4.42 Å². The molecule has 0 spiro atoms. The minimum atomic E-state index is 0.491. The fourth-order valence-corrected chi connectivity index (χ4v) is 1.53. The normalized spacial score (nSPS) is 14.9. The van der Waals surface area contributed by atoms with Crippen LogP contribution in [0, 0.1) is 5.92 Å². The van der Waals surface area contributed by atoms with Gasteiger partial charge in [0.05, 0.1) is 6.54 Å². The first-order chi connectivity index (χ1) is 8.88. The van der Waals surface area contributed by atoms with Gasteiger partial charge in [0, 0.05) is 19.8 Å². The van der Waals surface area contributed by atoms with E-state index < -0.39 is 0 Å². The molecule has 1 heterocycles. The number of aromatic nitrogens is 2. The van der Waals surface area contributed by atoms with Crippen molar-refractivity contribution < 1.29 is 9.15 Å². The number of anilines is 1. The number of hydrogen-bond donors (Lipinski definition) is 2. The van der Waals surface area contributed by atoms with Gasteiger partial charge in [-0.1, -0.05) is 12.0 Å². The van der Waals surface area contributed by atoms with Crippen LogP contribution >= 0.6 is 0 Å². The SMILES string of the molecule is CCNCc1nnc(NCCCOCC2CC2)o1. The average Bonchev–Trinajstić information content (AvgIpc) is 3.10. The molecule has 0 radical (unpaired) electrons. The molecule has 1 aromatic heterocycles. The van der Waals surface area contributed by atoms with Gasteiger partial charge < -0.3 is 19.8 Å². The molecule has 0 bridgehead atoms. The summed E-state index contributed by atoms with van der Waals surface area (Å²) < 4.78 is 10.9. The lowest BCUT2D eigenvalue weighted by Crippen LogP contribution is -2.11. The first-order valence-electron chi connectivity index (χ1n) is 6.73. The lowest BCUT2D eigenvalue weighted by Gasteiger charge is -2.03. The van der Waals surface area contributed by atoms with E-state index in [1.807, 2.05) is 6.92 Å². The molecule has 2 N–H and O–H groups in total. The average molecular weight is 254 g/mol. The van der Waals surface area contributed by atoms with Gasteiger partial charge >= 0.3 is 6.01 Å². The molecule has 1 fully saturated rings. The first kappa shape index (κ1) is 13.3. The Morgan fingerprint density at radius 2 is 2.28 bits per heavy atom. The van der Waals surface area contributed by atoms with Gasteiger partial charge in [-0.25, -0.2) is 0 Å². The molecule has 18 heavy (non-hydrogen) atoms. The summed E-state index contributed by atoms with van der Waals surface area (Å²) in [5.41, 5.74) is 0. The predicted octanol–water partition coefficient (Wildman–Crippen LogP) is 1.41. The van der Waals surface area contributed by atoms with E-state index in [0.717, 1.165) is 38.6 Å². The summed E-state index contributed by atoms with van der Waals surface area (Å²) in [6.07, 6.45) is 3.64. The molecule has 0 amide bonds. The van der Waals surface area contributed by atoms with E-state index in [0.29, 0.717) is 18.5 Å². The molecule has 0 atom stereocenters. The molecule has 0 aromatic carbocycles. The van der Waals surface area contributed by atoms with Gasteiger partial charge in [0.15, 0.2) is 0 Å². The zero-order valence-electron chi connectivity index (χ0n) is 10.9. The van der Waals surface area contributed by atoms with Crippen LogP contribution in [-0.2, 0) is 11.3 Å². The third kappa shape index (κ3) is 5.01. The van der Waals surface area contributed by atoms with E-state index in [9.17, 15) is 0 Å². The second-order valence-electron chi connectivity index (χ2n) is 4.58. The molecule has 1 saturated carbocycles. The van der Waals surface area contributed by atoms with E-state index in [1.54, 1.807) is 0 Å². The fraction of sp³-hybridized carbons (Fsp3) is 0.833. The first-order valence-corrected chi connectivity index (χ1v) is 6.73. The van der Waals surface area contributed by atoms with Crippen molar-refractivity contribution >= 4 is 6.01 Å². The van der Waals surface area contributed by atoms with Gasteiger partial charge in [0.1, 0.15) is 0 Å². The maximum Gasteiger partial charge on any atom is 0.315 e. The highest BCUT2D eigenvalue weighted by Crippen LogP contribution is 2.28. The van der Waals surface area contributed by atoms with Gasteiger partial charge in [-0.05, 0) is 31.7 Å². The molecule has 0 aliphatic heterocycles. The second kappa shape index (κ2) is 7.33. The molecule has 1 aliphatic carbocycles. The zero-order valence-corrected chi connectivity index (χ0v) is 10.9. The number of hydrogen-bond acceptors (Lipinski definition) is 6. The fourth-order valence-electron chi connectivity index (χ4n) is 1.53. The summed E-state index contributed by atoms with van der Waals surface area (Å²) >= 11 is 0. The molecule has 6 heteroatoms. The highest BCUT2D eigenvalue weighted by atomic mass is 16.5.